The van der Waals surface area contributed by atoms with Crippen LogP contribution >= 0.6 is 0 Å². The van der Waals surface area contributed by atoms with Crippen LogP contribution in [0.1, 0.15) is 41.5 Å². The van der Waals surface area contributed by atoms with Crippen LogP contribution in [0, 0.1) is 0 Å². The fourth-order valence-electron chi connectivity index (χ4n) is 2.09. The highest BCUT2D eigenvalue weighted by Gasteiger charge is 2.55. The second kappa shape index (κ2) is 6.72. The van der Waals surface area contributed by atoms with Gasteiger partial charge in [0, 0.05) is 0 Å². The molecule has 1 N–H and O–H groups in total. The average molecular weight is 382 g/mol. The van der Waals surface area contributed by atoms with Crippen molar-refractivity contribution in [2.75, 3.05) is 13.2 Å². The highest BCUT2D eigenvalue weighted by molar-refractivity contribution is 6.74. The van der Waals surface area contributed by atoms with Crippen molar-refractivity contribution >= 4 is 16.6 Å². The fraction of sp³-hybridized carbons (Fsp3) is 1.00. The zero-order valence-corrected chi connectivity index (χ0v) is 19.1. The summed E-state index contributed by atoms with van der Waals surface area (Å²) in [5.74, 6) is -2.85. The van der Waals surface area contributed by atoms with Crippen LogP contribution in [-0.4, -0.2) is 47.9 Å². The van der Waals surface area contributed by atoms with E-state index in [1.165, 1.54) is 0 Å². The summed E-state index contributed by atoms with van der Waals surface area (Å²) >= 11 is 0. The largest absolute Gasteiger partial charge is 0.415 e. The Balaban J connectivity index is 2.88. The summed E-state index contributed by atoms with van der Waals surface area (Å²) in [4.78, 5) is 0. The third-order valence-corrected chi connectivity index (χ3v) is 15.0. The Hall–Kier alpha value is 0.174. The van der Waals surface area contributed by atoms with Gasteiger partial charge in [-0.2, -0.15) is 0 Å². The van der Waals surface area contributed by atoms with E-state index in [4.69, 9.17) is 8.85 Å². The van der Waals surface area contributed by atoms with Crippen LogP contribution in [0.3, 0.4) is 0 Å². The lowest BCUT2D eigenvalue weighted by atomic mass is 10.1. The summed E-state index contributed by atoms with van der Waals surface area (Å²) in [6, 6.07) is -0.455. The first kappa shape index (κ1) is 22.2. The molecule has 1 saturated heterocycles. The summed E-state index contributed by atoms with van der Waals surface area (Å²) in [7, 11) is -4.25. The average Bonchev–Trinajstić information content (AvgIpc) is 2.60. The summed E-state index contributed by atoms with van der Waals surface area (Å²) in [5.41, 5.74) is 0. The molecule has 7 heteroatoms. The van der Waals surface area contributed by atoms with Gasteiger partial charge in [0.25, 0.3) is 5.92 Å². The van der Waals surface area contributed by atoms with Crippen LogP contribution in [0.25, 0.3) is 0 Å². The van der Waals surface area contributed by atoms with E-state index in [0.29, 0.717) is 0 Å². The van der Waals surface area contributed by atoms with E-state index in [-0.39, 0.29) is 23.2 Å². The molecule has 0 aromatic heterocycles. The van der Waals surface area contributed by atoms with Gasteiger partial charge in [0.15, 0.2) is 16.6 Å². The first-order valence-electron chi connectivity index (χ1n) is 8.84. The lowest BCUT2D eigenvalue weighted by Crippen LogP contribution is -2.53. The Kier molecular flexibility index (Phi) is 6.22. The van der Waals surface area contributed by atoms with Gasteiger partial charge in [-0.15, -0.1) is 0 Å². The molecular formula is C17H37F2NO2Si2. The third-order valence-electron chi connectivity index (χ3n) is 6.04. The van der Waals surface area contributed by atoms with Crippen molar-refractivity contribution in [3.05, 3.63) is 0 Å². The Morgan fingerprint density at radius 1 is 0.958 bits per heavy atom. The highest BCUT2D eigenvalue weighted by Crippen LogP contribution is 2.42. The predicted molar refractivity (Wildman–Crippen MR) is 102 cm³/mol. The molecule has 0 aromatic rings. The molecule has 0 spiro atoms. The zero-order valence-electron chi connectivity index (χ0n) is 17.1. The quantitative estimate of drug-likeness (QED) is 0.679. The molecule has 0 aromatic carbocycles. The van der Waals surface area contributed by atoms with Gasteiger partial charge in [-0.3, -0.25) is 0 Å². The number of halogens is 2. The molecule has 0 unspecified atom stereocenters. The number of hydrogen-bond acceptors (Lipinski definition) is 3. The minimum Gasteiger partial charge on any atom is -0.415 e. The second-order valence-electron chi connectivity index (χ2n) is 10.1. The molecule has 0 saturated carbocycles. The molecule has 1 heterocycles. The van der Waals surface area contributed by atoms with Crippen molar-refractivity contribution in [1.82, 2.24) is 5.32 Å². The normalized spacial score (nSPS) is 26.0. The van der Waals surface area contributed by atoms with Crippen LogP contribution in [0.2, 0.25) is 36.3 Å². The Labute approximate surface area is 149 Å². The van der Waals surface area contributed by atoms with Crippen LogP contribution in [0.4, 0.5) is 8.78 Å². The lowest BCUT2D eigenvalue weighted by Gasteiger charge is -2.41. The summed E-state index contributed by atoms with van der Waals surface area (Å²) < 4.78 is 41.1. The van der Waals surface area contributed by atoms with Gasteiger partial charge in [-0.25, -0.2) is 8.78 Å². The first-order valence-corrected chi connectivity index (χ1v) is 14.7. The maximum atomic E-state index is 14.4. The van der Waals surface area contributed by atoms with Gasteiger partial charge in [-0.1, -0.05) is 41.5 Å². The molecular weight excluding hydrogens is 344 g/mol. The van der Waals surface area contributed by atoms with Gasteiger partial charge in [0.05, 0.1) is 19.2 Å². The minimum absolute atomic E-state index is 0.0594. The summed E-state index contributed by atoms with van der Waals surface area (Å²) in [6.07, 6.45) is -1.11. The van der Waals surface area contributed by atoms with Gasteiger partial charge in [0.2, 0.25) is 0 Å². The van der Waals surface area contributed by atoms with Crippen molar-refractivity contribution in [1.29, 1.82) is 0 Å². The molecule has 0 radical (unpaired) electrons. The maximum Gasteiger partial charge on any atom is 0.286 e. The third kappa shape index (κ3) is 4.87. The molecule has 0 aliphatic carbocycles. The van der Waals surface area contributed by atoms with E-state index in [2.05, 4.69) is 60.0 Å². The molecule has 1 aliphatic rings. The maximum absolute atomic E-state index is 14.4. The Morgan fingerprint density at radius 3 is 1.83 bits per heavy atom. The van der Waals surface area contributed by atoms with Crippen LogP contribution in [0.5, 0.6) is 0 Å². The first-order chi connectivity index (χ1) is 10.4. The van der Waals surface area contributed by atoms with E-state index >= 15 is 0 Å². The molecule has 24 heavy (non-hydrogen) atoms. The number of rotatable bonds is 5. The van der Waals surface area contributed by atoms with Crippen molar-refractivity contribution in [2.45, 2.75) is 95.9 Å². The van der Waals surface area contributed by atoms with Gasteiger partial charge in [-0.05, 0) is 36.3 Å². The van der Waals surface area contributed by atoms with Crippen molar-refractivity contribution < 1.29 is 17.6 Å². The molecule has 0 amide bonds. The molecule has 3 nitrogen and oxygen atoms in total. The smallest absolute Gasteiger partial charge is 0.286 e. The summed E-state index contributed by atoms with van der Waals surface area (Å²) in [6.45, 7) is 20.9. The number of nitrogens with one attached hydrogen (secondary N) is 1. The number of alkyl halides is 2. The molecule has 1 aliphatic heterocycles. The second-order valence-corrected chi connectivity index (χ2v) is 19.7. The van der Waals surface area contributed by atoms with Crippen LogP contribution in [-0.2, 0) is 8.85 Å². The minimum atomic E-state index is -2.85. The zero-order chi connectivity index (χ0) is 19.2. The molecule has 1 fully saturated rings. The van der Waals surface area contributed by atoms with Crippen molar-refractivity contribution in [3.8, 4) is 0 Å². The standard InChI is InChI=1S/C17H37F2NO2Si2/c1-15(2,3)23(7,8)21-11-13-14(17(18,19)12-20-13)22-24(9,10)16(4,5)6/h13-14,20H,11-12H2,1-10H3/t13-,14-/m1/s1. The monoisotopic (exact) mass is 381 g/mol. The predicted octanol–water partition coefficient (Wildman–Crippen LogP) is 5.01. The molecule has 1 rings (SSSR count). The topological polar surface area (TPSA) is 30.5 Å². The van der Waals surface area contributed by atoms with Crippen LogP contribution < -0.4 is 5.32 Å². The van der Waals surface area contributed by atoms with E-state index in [0.717, 1.165) is 0 Å². The number of hydrogen-bond donors (Lipinski definition) is 1. The van der Waals surface area contributed by atoms with E-state index in [9.17, 15) is 8.78 Å². The van der Waals surface area contributed by atoms with Crippen molar-refractivity contribution in [3.63, 3.8) is 0 Å². The van der Waals surface area contributed by atoms with E-state index in [1.54, 1.807) is 0 Å². The summed E-state index contributed by atoms with van der Waals surface area (Å²) in [5, 5.41) is 2.90. The van der Waals surface area contributed by atoms with Gasteiger partial charge >= 0.3 is 0 Å². The molecule has 0 bridgehead atoms. The Morgan fingerprint density at radius 2 is 1.42 bits per heavy atom. The Bertz CT molecular complexity index is 443. The molecule has 2 atom stereocenters. The van der Waals surface area contributed by atoms with Crippen molar-refractivity contribution in [2.24, 2.45) is 0 Å². The van der Waals surface area contributed by atoms with Crippen LogP contribution in [0.15, 0.2) is 0 Å². The lowest BCUT2D eigenvalue weighted by molar-refractivity contribution is -0.0769. The van der Waals surface area contributed by atoms with E-state index in [1.807, 2.05) is 13.1 Å². The van der Waals surface area contributed by atoms with Gasteiger partial charge < -0.3 is 14.2 Å². The fourth-order valence-corrected chi connectivity index (χ4v) is 4.45. The molecule has 144 valence electrons. The SMILES string of the molecule is CC(C)(C)[Si](C)(C)OC[C@H]1NCC(F)(F)[C@@H]1O[Si](C)(C)C(C)(C)C. The van der Waals surface area contributed by atoms with Gasteiger partial charge in [0.1, 0.15) is 6.10 Å². The van der Waals surface area contributed by atoms with E-state index < -0.39 is 34.7 Å². The highest BCUT2D eigenvalue weighted by atomic mass is 28.4.